The zero-order valence-corrected chi connectivity index (χ0v) is 10.8. The van der Waals surface area contributed by atoms with Crippen molar-refractivity contribution in [1.82, 2.24) is 10.3 Å². The van der Waals surface area contributed by atoms with E-state index in [1.807, 2.05) is 6.20 Å². The maximum atomic E-state index is 4.31. The second-order valence-electron chi connectivity index (χ2n) is 4.12. The van der Waals surface area contributed by atoms with Gasteiger partial charge in [0, 0.05) is 5.54 Å². The normalized spacial score (nSPS) is 14.5. The highest BCUT2D eigenvalue weighted by atomic mass is 79.9. The monoisotopic (exact) mass is 262 g/mol. The van der Waals surface area contributed by atoms with E-state index in [-0.39, 0.29) is 5.54 Å². The summed E-state index contributed by atoms with van der Waals surface area (Å²) < 4.78 is 1.09. The molecule has 1 aromatic heterocycles. The third kappa shape index (κ3) is 3.75. The van der Waals surface area contributed by atoms with Crippen LogP contribution in [-0.2, 0) is 0 Å². The molecule has 1 unspecified atom stereocenters. The standard InChI is InChI=1S/C9H15BrN2S/c1-6(12-9(2,3)4)8-11-5-7(10)13-8/h5-6,12H,1-4H3. The Morgan fingerprint density at radius 1 is 1.54 bits per heavy atom. The van der Waals surface area contributed by atoms with E-state index in [0.717, 1.165) is 8.79 Å². The van der Waals surface area contributed by atoms with Crippen LogP contribution >= 0.6 is 27.3 Å². The second kappa shape index (κ2) is 4.07. The number of nitrogens with one attached hydrogen (secondary N) is 1. The predicted molar refractivity (Wildman–Crippen MR) is 61.1 cm³/mol. The van der Waals surface area contributed by atoms with Gasteiger partial charge in [-0.3, -0.25) is 0 Å². The first-order valence-electron chi connectivity index (χ1n) is 4.27. The highest BCUT2D eigenvalue weighted by Crippen LogP contribution is 2.25. The number of aromatic nitrogens is 1. The van der Waals surface area contributed by atoms with Crippen molar-refractivity contribution in [1.29, 1.82) is 0 Å². The number of rotatable bonds is 2. The average molecular weight is 263 g/mol. The Labute approximate surface area is 91.9 Å². The van der Waals surface area contributed by atoms with Gasteiger partial charge in [0.2, 0.25) is 0 Å². The van der Waals surface area contributed by atoms with Crippen molar-refractivity contribution in [2.24, 2.45) is 0 Å². The molecule has 4 heteroatoms. The van der Waals surface area contributed by atoms with Crippen molar-refractivity contribution >= 4 is 27.3 Å². The fraction of sp³-hybridized carbons (Fsp3) is 0.667. The second-order valence-corrected chi connectivity index (χ2v) is 6.56. The van der Waals surface area contributed by atoms with Crippen LogP contribution in [0, 0.1) is 0 Å². The van der Waals surface area contributed by atoms with Crippen LogP contribution in [0.1, 0.15) is 38.7 Å². The van der Waals surface area contributed by atoms with Gasteiger partial charge in [-0.05, 0) is 43.6 Å². The Kier molecular flexibility index (Phi) is 3.49. The first kappa shape index (κ1) is 11.1. The average Bonchev–Trinajstić information content (AvgIpc) is 2.31. The molecule has 0 saturated heterocycles. The van der Waals surface area contributed by atoms with Gasteiger partial charge in [-0.25, -0.2) is 4.98 Å². The minimum absolute atomic E-state index is 0.136. The predicted octanol–water partition coefficient (Wildman–Crippen LogP) is 3.35. The lowest BCUT2D eigenvalue weighted by atomic mass is 10.1. The third-order valence-corrected chi connectivity index (χ3v) is 3.17. The Morgan fingerprint density at radius 2 is 2.15 bits per heavy atom. The topological polar surface area (TPSA) is 24.9 Å². The lowest BCUT2D eigenvalue weighted by molar-refractivity contribution is 0.377. The molecule has 2 nitrogen and oxygen atoms in total. The van der Waals surface area contributed by atoms with Gasteiger partial charge in [0.25, 0.3) is 0 Å². The Balaban J connectivity index is 2.64. The van der Waals surface area contributed by atoms with Gasteiger partial charge in [-0.2, -0.15) is 0 Å². The molecule has 0 radical (unpaired) electrons. The Hall–Kier alpha value is 0.0700. The van der Waals surface area contributed by atoms with Crippen LogP contribution in [0.3, 0.4) is 0 Å². The van der Waals surface area contributed by atoms with E-state index in [1.165, 1.54) is 0 Å². The molecule has 13 heavy (non-hydrogen) atoms. The molecular formula is C9H15BrN2S. The molecule has 0 aliphatic heterocycles. The van der Waals surface area contributed by atoms with Crippen molar-refractivity contribution in [3.05, 3.63) is 15.0 Å². The quantitative estimate of drug-likeness (QED) is 0.885. The minimum Gasteiger partial charge on any atom is -0.303 e. The maximum Gasteiger partial charge on any atom is 0.110 e. The summed E-state index contributed by atoms with van der Waals surface area (Å²) in [6, 6.07) is 0.316. The minimum atomic E-state index is 0.136. The molecule has 1 heterocycles. The van der Waals surface area contributed by atoms with E-state index >= 15 is 0 Å². The van der Waals surface area contributed by atoms with Crippen molar-refractivity contribution in [2.45, 2.75) is 39.3 Å². The number of hydrogen-bond acceptors (Lipinski definition) is 3. The Morgan fingerprint density at radius 3 is 2.54 bits per heavy atom. The van der Waals surface area contributed by atoms with Gasteiger partial charge in [-0.1, -0.05) is 0 Å². The summed E-state index contributed by atoms with van der Waals surface area (Å²) in [5.74, 6) is 0. The van der Waals surface area contributed by atoms with Crippen LogP contribution in [0.2, 0.25) is 0 Å². The third-order valence-electron chi connectivity index (χ3n) is 1.52. The summed E-state index contributed by atoms with van der Waals surface area (Å²) in [5.41, 5.74) is 0.136. The van der Waals surface area contributed by atoms with Crippen LogP contribution in [0.5, 0.6) is 0 Å². The molecule has 0 fully saturated rings. The van der Waals surface area contributed by atoms with E-state index in [1.54, 1.807) is 11.3 Å². The molecule has 0 aliphatic rings. The van der Waals surface area contributed by atoms with Gasteiger partial charge in [0.05, 0.1) is 16.0 Å². The SMILES string of the molecule is CC(NC(C)(C)C)c1ncc(Br)s1. The fourth-order valence-electron chi connectivity index (χ4n) is 1.18. The summed E-state index contributed by atoms with van der Waals surface area (Å²) in [6.45, 7) is 8.61. The maximum absolute atomic E-state index is 4.31. The molecule has 0 aliphatic carbocycles. The fourth-order valence-corrected chi connectivity index (χ4v) is 2.42. The molecule has 0 aromatic carbocycles. The largest absolute Gasteiger partial charge is 0.303 e. The molecule has 0 amide bonds. The summed E-state index contributed by atoms with van der Waals surface area (Å²) >= 11 is 5.09. The molecule has 74 valence electrons. The first-order chi connectivity index (χ1) is 5.88. The van der Waals surface area contributed by atoms with Crippen LogP contribution in [-0.4, -0.2) is 10.5 Å². The van der Waals surface area contributed by atoms with Gasteiger partial charge < -0.3 is 5.32 Å². The highest BCUT2D eigenvalue weighted by molar-refractivity contribution is 9.11. The van der Waals surface area contributed by atoms with Crippen LogP contribution in [0.25, 0.3) is 0 Å². The van der Waals surface area contributed by atoms with Crippen LogP contribution in [0.15, 0.2) is 9.98 Å². The van der Waals surface area contributed by atoms with Crippen LogP contribution in [0.4, 0.5) is 0 Å². The lowest BCUT2D eigenvalue weighted by Gasteiger charge is -2.24. The van der Waals surface area contributed by atoms with Gasteiger partial charge in [0.1, 0.15) is 5.01 Å². The molecule has 1 rings (SSSR count). The van der Waals surface area contributed by atoms with Gasteiger partial charge in [-0.15, -0.1) is 11.3 Å². The zero-order valence-electron chi connectivity index (χ0n) is 8.39. The number of nitrogens with zero attached hydrogens (tertiary/aromatic N) is 1. The summed E-state index contributed by atoms with van der Waals surface area (Å²) in [5, 5.41) is 4.60. The van der Waals surface area contributed by atoms with Crippen molar-refractivity contribution in [3.63, 3.8) is 0 Å². The van der Waals surface area contributed by atoms with Crippen molar-refractivity contribution in [3.8, 4) is 0 Å². The first-order valence-corrected chi connectivity index (χ1v) is 5.88. The van der Waals surface area contributed by atoms with E-state index in [0.29, 0.717) is 6.04 Å². The smallest absolute Gasteiger partial charge is 0.110 e. The molecule has 0 saturated carbocycles. The molecule has 1 N–H and O–H groups in total. The summed E-state index contributed by atoms with van der Waals surface area (Å²) in [4.78, 5) is 4.31. The summed E-state index contributed by atoms with van der Waals surface area (Å²) in [6.07, 6.45) is 1.85. The van der Waals surface area contributed by atoms with Gasteiger partial charge >= 0.3 is 0 Å². The molecule has 0 bridgehead atoms. The number of thiazole rings is 1. The van der Waals surface area contributed by atoms with Crippen molar-refractivity contribution < 1.29 is 0 Å². The molecule has 1 atom stereocenters. The molecular weight excluding hydrogens is 248 g/mol. The van der Waals surface area contributed by atoms with Crippen LogP contribution < -0.4 is 5.32 Å². The van der Waals surface area contributed by atoms with E-state index in [9.17, 15) is 0 Å². The van der Waals surface area contributed by atoms with E-state index in [2.05, 4.69) is 53.9 Å². The summed E-state index contributed by atoms with van der Waals surface area (Å²) in [7, 11) is 0. The molecule has 0 spiro atoms. The van der Waals surface area contributed by atoms with E-state index < -0.39 is 0 Å². The molecule has 1 aromatic rings. The van der Waals surface area contributed by atoms with Crippen molar-refractivity contribution in [2.75, 3.05) is 0 Å². The van der Waals surface area contributed by atoms with E-state index in [4.69, 9.17) is 0 Å². The number of hydrogen-bond donors (Lipinski definition) is 1. The lowest BCUT2D eigenvalue weighted by Crippen LogP contribution is -2.37. The Bertz CT molecular complexity index is 277. The number of halogens is 1. The van der Waals surface area contributed by atoms with Gasteiger partial charge in [0.15, 0.2) is 0 Å². The highest BCUT2D eigenvalue weighted by Gasteiger charge is 2.16. The zero-order chi connectivity index (χ0) is 10.1.